The van der Waals surface area contributed by atoms with E-state index in [1.165, 1.54) is 35.8 Å². The number of rotatable bonds is 2. The van der Waals surface area contributed by atoms with Crippen molar-refractivity contribution >= 4 is 27.4 Å². The van der Waals surface area contributed by atoms with Crippen LogP contribution in [0.15, 0.2) is 18.1 Å². The molecule has 2 heterocycles. The molecular weight excluding hydrogens is 270 g/mol. The third kappa shape index (κ3) is 2.11. The number of fused-ring (bicyclic) bond motifs is 3. The molecule has 2 aromatic heterocycles. The van der Waals surface area contributed by atoms with Crippen molar-refractivity contribution in [3.8, 4) is 12.1 Å². The Bertz CT molecular complexity index is 759. The maximum absolute atomic E-state index is 8.76. The van der Waals surface area contributed by atoms with Gasteiger partial charge in [0.15, 0.2) is 0 Å². The quantitative estimate of drug-likeness (QED) is 0.855. The van der Waals surface area contributed by atoms with Crippen molar-refractivity contribution in [2.24, 2.45) is 0 Å². The van der Waals surface area contributed by atoms with Crippen molar-refractivity contribution in [1.29, 1.82) is 10.5 Å². The predicted octanol–water partition coefficient (Wildman–Crippen LogP) is 2.91. The Kier molecular flexibility index (Phi) is 3.32. The fourth-order valence-electron chi connectivity index (χ4n) is 2.43. The van der Waals surface area contributed by atoms with Gasteiger partial charge in [-0.15, -0.1) is 11.3 Å². The number of aromatic nitrogens is 2. The lowest BCUT2D eigenvalue weighted by molar-refractivity contribution is 0.700. The lowest BCUT2D eigenvalue weighted by Crippen LogP contribution is -2.00. The monoisotopic (exact) mass is 281 g/mol. The first-order chi connectivity index (χ1) is 9.83. The molecule has 20 heavy (non-hydrogen) atoms. The lowest BCUT2D eigenvalue weighted by atomic mass is 9.97. The minimum atomic E-state index is 0.0286. The number of anilines is 1. The Morgan fingerprint density at radius 2 is 2.05 bits per heavy atom. The van der Waals surface area contributed by atoms with Gasteiger partial charge in [0.1, 0.15) is 34.7 Å². The highest BCUT2D eigenvalue weighted by molar-refractivity contribution is 7.19. The summed E-state index contributed by atoms with van der Waals surface area (Å²) in [6, 6.07) is 3.65. The second-order valence-corrected chi connectivity index (χ2v) is 5.62. The maximum Gasteiger partial charge on any atom is 0.145 e. The number of hydrogen-bond acceptors (Lipinski definition) is 6. The maximum atomic E-state index is 8.76. The molecule has 1 aliphatic rings. The highest BCUT2D eigenvalue weighted by Crippen LogP contribution is 2.38. The van der Waals surface area contributed by atoms with E-state index in [2.05, 4.69) is 15.3 Å². The Morgan fingerprint density at radius 1 is 1.25 bits per heavy atom. The molecule has 0 amide bonds. The average molecular weight is 281 g/mol. The van der Waals surface area contributed by atoms with Crippen LogP contribution in [0.1, 0.15) is 23.3 Å². The predicted molar refractivity (Wildman–Crippen MR) is 77.0 cm³/mol. The Hall–Kier alpha value is -2.44. The highest BCUT2D eigenvalue weighted by Gasteiger charge is 2.19. The number of nitriles is 2. The van der Waals surface area contributed by atoms with Gasteiger partial charge in [-0.3, -0.25) is 0 Å². The van der Waals surface area contributed by atoms with Crippen LogP contribution in [0.25, 0.3) is 10.2 Å². The molecule has 0 radical (unpaired) electrons. The molecule has 2 aromatic rings. The molecule has 0 aliphatic heterocycles. The molecule has 1 aliphatic carbocycles. The van der Waals surface area contributed by atoms with Gasteiger partial charge in [0.05, 0.1) is 5.39 Å². The molecule has 0 aromatic carbocycles. The molecule has 1 N–H and O–H groups in total. The first-order valence-corrected chi connectivity index (χ1v) is 7.17. The van der Waals surface area contributed by atoms with Crippen LogP contribution in [0.3, 0.4) is 0 Å². The fourth-order valence-corrected chi connectivity index (χ4v) is 3.66. The zero-order chi connectivity index (χ0) is 13.9. The third-order valence-electron chi connectivity index (χ3n) is 3.35. The molecule has 0 fully saturated rings. The van der Waals surface area contributed by atoms with Gasteiger partial charge in [-0.25, -0.2) is 9.97 Å². The van der Waals surface area contributed by atoms with E-state index in [0.29, 0.717) is 5.82 Å². The fraction of sp³-hybridized carbons (Fsp3) is 0.286. The van der Waals surface area contributed by atoms with E-state index in [-0.39, 0.29) is 5.57 Å². The molecular formula is C14H11N5S. The van der Waals surface area contributed by atoms with Crippen LogP contribution < -0.4 is 5.32 Å². The van der Waals surface area contributed by atoms with E-state index in [0.717, 1.165) is 23.1 Å². The van der Waals surface area contributed by atoms with Gasteiger partial charge in [-0.2, -0.15) is 10.5 Å². The molecule has 6 heteroatoms. The largest absolute Gasteiger partial charge is 0.344 e. The van der Waals surface area contributed by atoms with Crippen molar-refractivity contribution in [2.75, 3.05) is 5.32 Å². The smallest absolute Gasteiger partial charge is 0.145 e. The summed E-state index contributed by atoms with van der Waals surface area (Å²) in [5, 5.41) is 21.5. The van der Waals surface area contributed by atoms with Gasteiger partial charge < -0.3 is 5.32 Å². The molecule has 0 saturated carbocycles. The first-order valence-electron chi connectivity index (χ1n) is 6.35. The van der Waals surface area contributed by atoms with Gasteiger partial charge in [0.2, 0.25) is 0 Å². The Balaban J connectivity index is 2.08. The molecule has 5 nitrogen and oxygen atoms in total. The van der Waals surface area contributed by atoms with Crippen molar-refractivity contribution in [3.05, 3.63) is 28.5 Å². The molecule has 0 bridgehead atoms. The summed E-state index contributed by atoms with van der Waals surface area (Å²) in [7, 11) is 0. The SMILES string of the molecule is N#CC(C#N)=CNc1ncnc2sc3c(c12)CCCC3. The van der Waals surface area contributed by atoms with Crippen LogP contribution in [0.2, 0.25) is 0 Å². The summed E-state index contributed by atoms with van der Waals surface area (Å²) in [4.78, 5) is 10.9. The Morgan fingerprint density at radius 3 is 2.85 bits per heavy atom. The van der Waals surface area contributed by atoms with Crippen LogP contribution in [0, 0.1) is 22.7 Å². The summed E-state index contributed by atoms with van der Waals surface area (Å²) < 4.78 is 0. The van der Waals surface area contributed by atoms with Gasteiger partial charge in [0, 0.05) is 11.1 Å². The van der Waals surface area contributed by atoms with Crippen molar-refractivity contribution in [1.82, 2.24) is 9.97 Å². The molecule has 0 atom stereocenters. The third-order valence-corrected chi connectivity index (χ3v) is 4.55. The number of nitrogens with one attached hydrogen (secondary N) is 1. The van der Waals surface area contributed by atoms with E-state index in [9.17, 15) is 0 Å². The average Bonchev–Trinajstić information content (AvgIpc) is 2.87. The lowest BCUT2D eigenvalue weighted by Gasteiger charge is -2.11. The van der Waals surface area contributed by atoms with Crippen LogP contribution >= 0.6 is 11.3 Å². The molecule has 98 valence electrons. The minimum absolute atomic E-state index is 0.0286. The van der Waals surface area contributed by atoms with Gasteiger partial charge >= 0.3 is 0 Å². The van der Waals surface area contributed by atoms with Crippen LogP contribution in [0.4, 0.5) is 5.82 Å². The van der Waals surface area contributed by atoms with Crippen LogP contribution in [-0.2, 0) is 12.8 Å². The standard InChI is InChI=1S/C14H11N5S/c15-5-9(6-16)7-17-13-12-10-3-1-2-4-11(10)20-14(12)19-8-18-13/h7-8H,1-4H2,(H,17,18,19). The van der Waals surface area contributed by atoms with E-state index >= 15 is 0 Å². The Labute approximate surface area is 120 Å². The zero-order valence-electron chi connectivity index (χ0n) is 10.7. The van der Waals surface area contributed by atoms with E-state index in [4.69, 9.17) is 10.5 Å². The van der Waals surface area contributed by atoms with Crippen molar-refractivity contribution < 1.29 is 0 Å². The summed E-state index contributed by atoms with van der Waals surface area (Å²) >= 11 is 1.72. The van der Waals surface area contributed by atoms with Gasteiger partial charge in [0.25, 0.3) is 0 Å². The summed E-state index contributed by atoms with van der Waals surface area (Å²) in [5.41, 5.74) is 1.35. The molecule has 0 spiro atoms. The number of thiophene rings is 1. The number of nitrogens with zero attached hydrogens (tertiary/aromatic N) is 4. The topological polar surface area (TPSA) is 85.4 Å². The summed E-state index contributed by atoms with van der Waals surface area (Å²) in [6.45, 7) is 0. The highest BCUT2D eigenvalue weighted by atomic mass is 32.1. The number of hydrogen-bond donors (Lipinski definition) is 1. The molecule has 0 unspecified atom stereocenters. The second-order valence-electron chi connectivity index (χ2n) is 4.54. The number of allylic oxidation sites excluding steroid dienone is 1. The van der Waals surface area contributed by atoms with E-state index in [1.807, 2.05) is 12.1 Å². The minimum Gasteiger partial charge on any atom is -0.344 e. The van der Waals surface area contributed by atoms with E-state index < -0.39 is 0 Å². The van der Waals surface area contributed by atoms with E-state index in [1.54, 1.807) is 11.3 Å². The van der Waals surface area contributed by atoms with Crippen LogP contribution in [0.5, 0.6) is 0 Å². The first kappa shape index (κ1) is 12.6. The summed E-state index contributed by atoms with van der Waals surface area (Å²) in [6.07, 6.45) is 7.47. The molecule has 0 saturated heterocycles. The van der Waals surface area contributed by atoms with Crippen LogP contribution in [-0.4, -0.2) is 9.97 Å². The summed E-state index contributed by atoms with van der Waals surface area (Å²) in [5.74, 6) is 0.678. The normalized spacial score (nSPS) is 13.1. The second kappa shape index (κ2) is 5.28. The van der Waals surface area contributed by atoms with Crippen molar-refractivity contribution in [3.63, 3.8) is 0 Å². The zero-order valence-corrected chi connectivity index (χ0v) is 11.5. The van der Waals surface area contributed by atoms with Gasteiger partial charge in [-0.1, -0.05) is 0 Å². The van der Waals surface area contributed by atoms with Gasteiger partial charge in [-0.05, 0) is 31.2 Å². The van der Waals surface area contributed by atoms with Crippen molar-refractivity contribution in [2.45, 2.75) is 25.7 Å². The number of aryl methyl sites for hydroxylation is 2. The molecule has 3 rings (SSSR count).